The standard InChI is InChI=1S/C6H15NO2S/c1-4-7(5-2)10(8,9)6-3/h4-6H2,1-3H3. The van der Waals surface area contributed by atoms with E-state index in [4.69, 9.17) is 0 Å². The Hall–Kier alpha value is -0.0900. The number of nitrogens with zero attached hydrogens (tertiary/aromatic N) is 1. The zero-order valence-electron chi connectivity index (χ0n) is 6.79. The fraction of sp³-hybridized carbons (Fsp3) is 1.00. The minimum absolute atomic E-state index is 0.203. The predicted octanol–water partition coefficient (Wildman–Crippen LogP) is 0.678. The van der Waals surface area contributed by atoms with Crippen LogP contribution in [0.5, 0.6) is 0 Å². The summed E-state index contributed by atoms with van der Waals surface area (Å²) in [7, 11) is -2.93. The van der Waals surface area contributed by atoms with Crippen molar-refractivity contribution in [1.29, 1.82) is 0 Å². The molecule has 0 aliphatic heterocycles. The molecule has 3 nitrogen and oxygen atoms in total. The van der Waals surface area contributed by atoms with Gasteiger partial charge in [-0.25, -0.2) is 12.7 Å². The molecular formula is C6H15NO2S. The third-order valence-corrected chi connectivity index (χ3v) is 3.50. The van der Waals surface area contributed by atoms with Gasteiger partial charge in [-0.15, -0.1) is 0 Å². The lowest BCUT2D eigenvalue weighted by atomic mass is 10.7. The summed E-state index contributed by atoms with van der Waals surface area (Å²) in [5.74, 6) is 0.203. The Morgan fingerprint density at radius 3 is 1.60 bits per heavy atom. The molecule has 0 saturated carbocycles. The van der Waals surface area contributed by atoms with Crippen LogP contribution in [0.15, 0.2) is 0 Å². The maximum atomic E-state index is 11.1. The van der Waals surface area contributed by atoms with Crippen molar-refractivity contribution >= 4 is 10.0 Å². The largest absolute Gasteiger partial charge is 0.213 e. The molecule has 0 rings (SSSR count). The summed E-state index contributed by atoms with van der Waals surface area (Å²) in [6.07, 6.45) is 0. The van der Waals surface area contributed by atoms with Gasteiger partial charge in [0.05, 0.1) is 5.75 Å². The van der Waals surface area contributed by atoms with Gasteiger partial charge in [0.15, 0.2) is 0 Å². The molecule has 0 atom stereocenters. The maximum Gasteiger partial charge on any atom is 0.213 e. The molecule has 0 aromatic rings. The first-order valence-electron chi connectivity index (χ1n) is 3.56. The minimum Gasteiger partial charge on any atom is -0.212 e. The van der Waals surface area contributed by atoms with E-state index in [0.717, 1.165) is 0 Å². The van der Waals surface area contributed by atoms with Crippen LogP contribution >= 0.6 is 0 Å². The van der Waals surface area contributed by atoms with Crippen molar-refractivity contribution in [2.45, 2.75) is 20.8 Å². The summed E-state index contributed by atoms with van der Waals surface area (Å²) in [6.45, 7) is 6.50. The van der Waals surface area contributed by atoms with E-state index in [1.54, 1.807) is 6.92 Å². The molecule has 0 unspecified atom stereocenters. The van der Waals surface area contributed by atoms with Crippen LogP contribution < -0.4 is 0 Å². The second kappa shape index (κ2) is 3.93. The Balaban J connectivity index is 4.28. The second-order valence-corrected chi connectivity index (χ2v) is 4.24. The molecular weight excluding hydrogens is 150 g/mol. The van der Waals surface area contributed by atoms with Gasteiger partial charge in [-0.1, -0.05) is 13.8 Å². The monoisotopic (exact) mass is 165 g/mol. The molecule has 0 spiro atoms. The molecule has 4 heteroatoms. The van der Waals surface area contributed by atoms with Crippen LogP contribution in [0.25, 0.3) is 0 Å². The highest BCUT2D eigenvalue weighted by atomic mass is 32.2. The average Bonchev–Trinajstić information content (AvgIpc) is 1.90. The van der Waals surface area contributed by atoms with Gasteiger partial charge in [0, 0.05) is 13.1 Å². The number of rotatable bonds is 4. The van der Waals surface area contributed by atoms with Crippen LogP contribution in [-0.2, 0) is 10.0 Å². The van der Waals surface area contributed by atoms with Gasteiger partial charge in [-0.05, 0) is 6.92 Å². The van der Waals surface area contributed by atoms with E-state index in [1.807, 2.05) is 13.8 Å². The Morgan fingerprint density at radius 2 is 1.50 bits per heavy atom. The van der Waals surface area contributed by atoms with Crippen molar-refractivity contribution in [2.24, 2.45) is 0 Å². The van der Waals surface area contributed by atoms with E-state index < -0.39 is 10.0 Å². The first-order chi connectivity index (χ1) is 4.58. The minimum atomic E-state index is -2.93. The lowest BCUT2D eigenvalue weighted by molar-refractivity contribution is 0.446. The molecule has 0 aliphatic rings. The van der Waals surface area contributed by atoms with Gasteiger partial charge in [0.25, 0.3) is 0 Å². The van der Waals surface area contributed by atoms with Crippen LogP contribution in [-0.4, -0.2) is 31.6 Å². The average molecular weight is 165 g/mol. The van der Waals surface area contributed by atoms with Crippen molar-refractivity contribution in [3.05, 3.63) is 0 Å². The van der Waals surface area contributed by atoms with Gasteiger partial charge in [-0.2, -0.15) is 0 Å². The fourth-order valence-electron chi connectivity index (χ4n) is 0.800. The highest BCUT2D eigenvalue weighted by Crippen LogP contribution is 1.98. The quantitative estimate of drug-likeness (QED) is 0.614. The van der Waals surface area contributed by atoms with Gasteiger partial charge in [-0.3, -0.25) is 0 Å². The first-order valence-corrected chi connectivity index (χ1v) is 5.17. The summed E-state index contributed by atoms with van der Waals surface area (Å²) >= 11 is 0. The normalized spacial score (nSPS) is 12.4. The van der Waals surface area contributed by atoms with Crippen LogP contribution in [0.3, 0.4) is 0 Å². The zero-order chi connectivity index (χ0) is 8.20. The molecule has 0 aromatic carbocycles. The fourth-order valence-corrected chi connectivity index (χ4v) is 1.95. The summed E-state index contributed by atoms with van der Waals surface area (Å²) < 4.78 is 23.6. The second-order valence-electron chi connectivity index (χ2n) is 1.98. The molecule has 0 fully saturated rings. The Kier molecular flexibility index (Phi) is 3.89. The van der Waals surface area contributed by atoms with Crippen molar-refractivity contribution in [3.63, 3.8) is 0 Å². The molecule has 10 heavy (non-hydrogen) atoms. The van der Waals surface area contributed by atoms with Gasteiger partial charge < -0.3 is 0 Å². The topological polar surface area (TPSA) is 37.4 Å². The van der Waals surface area contributed by atoms with Gasteiger partial charge >= 0.3 is 0 Å². The highest BCUT2D eigenvalue weighted by Gasteiger charge is 2.14. The molecule has 0 heterocycles. The summed E-state index contributed by atoms with van der Waals surface area (Å²) in [6, 6.07) is 0. The number of hydrogen-bond donors (Lipinski definition) is 0. The van der Waals surface area contributed by atoms with E-state index in [0.29, 0.717) is 13.1 Å². The lowest BCUT2D eigenvalue weighted by Crippen LogP contribution is -2.31. The molecule has 0 aromatic heterocycles. The Morgan fingerprint density at radius 1 is 1.10 bits per heavy atom. The van der Waals surface area contributed by atoms with Crippen LogP contribution in [0.2, 0.25) is 0 Å². The third-order valence-electron chi connectivity index (χ3n) is 1.46. The maximum absolute atomic E-state index is 11.1. The molecule has 0 radical (unpaired) electrons. The molecule has 0 N–H and O–H groups in total. The van der Waals surface area contributed by atoms with Crippen molar-refractivity contribution in [2.75, 3.05) is 18.8 Å². The van der Waals surface area contributed by atoms with E-state index in [2.05, 4.69) is 0 Å². The molecule has 0 aliphatic carbocycles. The number of hydrogen-bond acceptors (Lipinski definition) is 2. The van der Waals surface area contributed by atoms with Crippen LogP contribution in [0.1, 0.15) is 20.8 Å². The molecule has 62 valence electrons. The Bertz CT molecular complexity index is 170. The summed E-state index contributed by atoms with van der Waals surface area (Å²) in [4.78, 5) is 0. The van der Waals surface area contributed by atoms with E-state index in [9.17, 15) is 8.42 Å². The zero-order valence-corrected chi connectivity index (χ0v) is 7.61. The SMILES string of the molecule is CCN(CC)S(=O)(=O)CC. The number of sulfonamides is 1. The lowest BCUT2D eigenvalue weighted by Gasteiger charge is -2.16. The predicted molar refractivity (Wildman–Crippen MR) is 42.4 cm³/mol. The highest BCUT2D eigenvalue weighted by molar-refractivity contribution is 7.89. The molecule has 0 saturated heterocycles. The molecule has 0 amide bonds. The van der Waals surface area contributed by atoms with Crippen molar-refractivity contribution in [1.82, 2.24) is 4.31 Å². The van der Waals surface area contributed by atoms with Gasteiger partial charge in [0.1, 0.15) is 0 Å². The van der Waals surface area contributed by atoms with E-state index >= 15 is 0 Å². The van der Waals surface area contributed by atoms with Crippen molar-refractivity contribution in [3.8, 4) is 0 Å². The van der Waals surface area contributed by atoms with Gasteiger partial charge in [0.2, 0.25) is 10.0 Å². The Labute approximate surface area is 63.1 Å². The van der Waals surface area contributed by atoms with E-state index in [-0.39, 0.29) is 5.75 Å². The van der Waals surface area contributed by atoms with E-state index in [1.165, 1.54) is 4.31 Å². The van der Waals surface area contributed by atoms with Crippen LogP contribution in [0.4, 0.5) is 0 Å². The molecule has 0 bridgehead atoms. The summed E-state index contributed by atoms with van der Waals surface area (Å²) in [5.41, 5.74) is 0. The van der Waals surface area contributed by atoms with Crippen LogP contribution in [0, 0.1) is 0 Å². The third kappa shape index (κ3) is 2.27. The summed E-state index contributed by atoms with van der Waals surface area (Å²) in [5, 5.41) is 0. The smallest absolute Gasteiger partial charge is 0.212 e. The first kappa shape index (κ1) is 9.91. The van der Waals surface area contributed by atoms with Crippen molar-refractivity contribution < 1.29 is 8.42 Å².